The lowest BCUT2D eigenvalue weighted by molar-refractivity contribution is 0.0196. The first kappa shape index (κ1) is 31.0. The Hall–Kier alpha value is -2.05. The summed E-state index contributed by atoms with van der Waals surface area (Å²) in [7, 11) is 1.74. The third-order valence-corrected chi connectivity index (χ3v) is 5.83. The summed E-state index contributed by atoms with van der Waals surface area (Å²) in [6.07, 6.45) is 6.20. The van der Waals surface area contributed by atoms with Crippen molar-refractivity contribution < 1.29 is 19.4 Å². The van der Waals surface area contributed by atoms with Crippen molar-refractivity contribution in [2.45, 2.75) is 98.1 Å². The number of likely N-dealkylation sites (tertiary alicyclic amines) is 1. The topological polar surface area (TPSA) is 63.9 Å². The van der Waals surface area contributed by atoms with Gasteiger partial charge >= 0.3 is 6.09 Å². The molecule has 200 valence electrons. The summed E-state index contributed by atoms with van der Waals surface area (Å²) in [6.45, 7) is 15.4. The third kappa shape index (κ3) is 10.6. The molecule has 1 aliphatic heterocycles. The quantitative estimate of drug-likeness (QED) is 0.405. The van der Waals surface area contributed by atoms with Crippen molar-refractivity contribution in [2.75, 3.05) is 33.4 Å². The van der Waals surface area contributed by atoms with Crippen molar-refractivity contribution in [1.29, 1.82) is 0 Å². The van der Waals surface area contributed by atoms with Gasteiger partial charge in [0.1, 0.15) is 5.60 Å². The van der Waals surface area contributed by atoms with Crippen molar-refractivity contribution in [3.63, 3.8) is 0 Å². The summed E-state index contributed by atoms with van der Waals surface area (Å²) < 4.78 is 13.3. The first-order valence-corrected chi connectivity index (χ1v) is 13.5. The number of fused-ring (bicyclic) bond motifs is 1. The molecule has 6 nitrogen and oxygen atoms in total. The molecule has 2 aromatic rings. The van der Waals surface area contributed by atoms with Crippen LogP contribution in [0.4, 0.5) is 4.79 Å². The zero-order valence-electron chi connectivity index (χ0n) is 23.3. The summed E-state index contributed by atoms with van der Waals surface area (Å²) >= 11 is 0. The Bertz CT molecular complexity index is 837. The van der Waals surface area contributed by atoms with E-state index in [-0.39, 0.29) is 6.09 Å². The summed E-state index contributed by atoms with van der Waals surface area (Å²) in [5, 5.41) is 9.46. The second-order valence-corrected chi connectivity index (χ2v) is 9.82. The third-order valence-electron chi connectivity index (χ3n) is 5.83. The van der Waals surface area contributed by atoms with Crippen molar-refractivity contribution in [2.24, 2.45) is 0 Å². The summed E-state index contributed by atoms with van der Waals surface area (Å²) in [4.78, 5) is 14.4. The number of para-hydroxylation sites is 1. The lowest BCUT2D eigenvalue weighted by atomic mass is 9.94. The van der Waals surface area contributed by atoms with Gasteiger partial charge in [0.15, 0.2) is 0 Å². The summed E-state index contributed by atoms with van der Waals surface area (Å²) in [6, 6.07) is 10.8. The highest BCUT2D eigenvalue weighted by molar-refractivity contribution is 5.81. The number of hydrogen-bond acceptors (Lipinski definition) is 4. The molecule has 1 N–H and O–H groups in total. The van der Waals surface area contributed by atoms with Crippen LogP contribution in [0.15, 0.2) is 30.3 Å². The van der Waals surface area contributed by atoms with Crippen molar-refractivity contribution in [1.82, 2.24) is 9.47 Å². The number of methoxy groups -OCH3 is 1. The Labute approximate surface area is 213 Å². The van der Waals surface area contributed by atoms with Crippen LogP contribution in [0.3, 0.4) is 0 Å². The minimum absolute atomic E-state index is 0.200. The number of ether oxygens (including phenoxy) is 2. The number of amides is 1. The molecule has 0 bridgehead atoms. The molecule has 0 saturated carbocycles. The fraction of sp³-hybridized carbons (Fsp3) is 0.690. The van der Waals surface area contributed by atoms with Gasteiger partial charge in [0, 0.05) is 57.1 Å². The molecule has 0 spiro atoms. The molecule has 1 aromatic heterocycles. The molecule has 0 radical (unpaired) electrons. The Morgan fingerprint density at radius 1 is 1.14 bits per heavy atom. The van der Waals surface area contributed by atoms with Crippen LogP contribution < -0.4 is 0 Å². The molecule has 0 aliphatic carbocycles. The molecule has 1 aromatic carbocycles. The Morgan fingerprint density at radius 3 is 2.46 bits per heavy atom. The molecule has 1 aliphatic rings. The van der Waals surface area contributed by atoms with Crippen LogP contribution in [-0.4, -0.2) is 59.7 Å². The molecular formula is C29H50N2O4. The maximum atomic E-state index is 12.5. The maximum Gasteiger partial charge on any atom is 0.410 e. The number of benzene rings is 1. The number of aryl methyl sites for hydroxylation is 1. The van der Waals surface area contributed by atoms with Crippen LogP contribution in [0.25, 0.3) is 10.9 Å². The van der Waals surface area contributed by atoms with Gasteiger partial charge in [-0.05, 0) is 64.0 Å². The van der Waals surface area contributed by atoms with Crippen LogP contribution in [-0.2, 0) is 16.0 Å². The molecule has 1 amide bonds. The lowest BCUT2D eigenvalue weighted by Crippen LogP contribution is -2.42. The zero-order chi connectivity index (χ0) is 26.3. The second-order valence-electron chi connectivity index (χ2n) is 9.82. The van der Waals surface area contributed by atoms with E-state index in [0.717, 1.165) is 58.3 Å². The molecule has 1 unspecified atom stereocenters. The number of aliphatic hydroxyl groups is 1. The average Bonchev–Trinajstić information content (AvgIpc) is 3.22. The Kier molecular flexibility index (Phi) is 14.7. The molecule has 1 atom stereocenters. The minimum atomic E-state index is -0.459. The SMILES string of the molecule is CC.CCCCCO.COCCCn1c(C2CCCN(C(=O)OC(C)(C)C)C2)cc2ccccc21. The van der Waals surface area contributed by atoms with E-state index >= 15 is 0 Å². The molecule has 1 fully saturated rings. The number of nitrogens with zero attached hydrogens (tertiary/aromatic N) is 2. The maximum absolute atomic E-state index is 12.5. The Morgan fingerprint density at radius 2 is 1.86 bits per heavy atom. The fourth-order valence-electron chi connectivity index (χ4n) is 4.26. The monoisotopic (exact) mass is 490 g/mol. The van der Waals surface area contributed by atoms with Gasteiger partial charge in [-0.15, -0.1) is 0 Å². The number of hydrogen-bond donors (Lipinski definition) is 1. The van der Waals surface area contributed by atoms with Gasteiger partial charge in [-0.2, -0.15) is 0 Å². The van der Waals surface area contributed by atoms with Gasteiger partial charge in [0.2, 0.25) is 0 Å². The summed E-state index contributed by atoms with van der Waals surface area (Å²) in [5.74, 6) is 0.334. The average molecular weight is 491 g/mol. The molecule has 35 heavy (non-hydrogen) atoms. The number of aliphatic hydroxyl groups excluding tert-OH is 1. The highest BCUT2D eigenvalue weighted by Crippen LogP contribution is 2.32. The van der Waals surface area contributed by atoms with Crippen LogP contribution in [0.2, 0.25) is 0 Å². The number of aromatic nitrogens is 1. The van der Waals surface area contributed by atoms with Gasteiger partial charge in [-0.25, -0.2) is 4.79 Å². The molecule has 1 saturated heterocycles. The number of rotatable bonds is 8. The van der Waals surface area contributed by atoms with Crippen LogP contribution in [0.1, 0.15) is 91.7 Å². The van der Waals surface area contributed by atoms with E-state index in [1.807, 2.05) is 39.5 Å². The van der Waals surface area contributed by atoms with E-state index in [1.54, 1.807) is 7.11 Å². The van der Waals surface area contributed by atoms with E-state index in [2.05, 4.69) is 41.8 Å². The second kappa shape index (κ2) is 16.6. The smallest absolute Gasteiger partial charge is 0.410 e. The van der Waals surface area contributed by atoms with Crippen LogP contribution in [0, 0.1) is 0 Å². The predicted octanol–water partition coefficient (Wildman–Crippen LogP) is 6.99. The summed E-state index contributed by atoms with van der Waals surface area (Å²) in [5.41, 5.74) is 2.12. The van der Waals surface area contributed by atoms with E-state index in [1.165, 1.54) is 23.0 Å². The highest BCUT2D eigenvalue weighted by atomic mass is 16.6. The lowest BCUT2D eigenvalue weighted by Gasteiger charge is -2.34. The van der Waals surface area contributed by atoms with E-state index in [4.69, 9.17) is 14.6 Å². The minimum Gasteiger partial charge on any atom is -0.444 e. The van der Waals surface area contributed by atoms with Gasteiger partial charge < -0.3 is 24.0 Å². The molecular weight excluding hydrogens is 440 g/mol. The van der Waals surface area contributed by atoms with Crippen molar-refractivity contribution in [3.8, 4) is 0 Å². The van der Waals surface area contributed by atoms with E-state index < -0.39 is 5.60 Å². The number of carbonyl (C=O) groups is 1. The largest absolute Gasteiger partial charge is 0.444 e. The highest BCUT2D eigenvalue weighted by Gasteiger charge is 2.30. The number of piperidine rings is 1. The van der Waals surface area contributed by atoms with Crippen LogP contribution >= 0.6 is 0 Å². The van der Waals surface area contributed by atoms with Gasteiger partial charge in [-0.1, -0.05) is 51.8 Å². The van der Waals surface area contributed by atoms with Gasteiger partial charge in [0.25, 0.3) is 0 Å². The number of carbonyl (C=O) groups excluding carboxylic acids is 1. The first-order valence-electron chi connectivity index (χ1n) is 13.5. The van der Waals surface area contributed by atoms with Crippen LogP contribution in [0.5, 0.6) is 0 Å². The van der Waals surface area contributed by atoms with Crippen molar-refractivity contribution >= 4 is 17.0 Å². The number of unbranched alkanes of at least 4 members (excludes halogenated alkanes) is 2. The standard InChI is InChI=1S/C22H32N2O3.C5H12O.C2H6/c1-22(2,3)27-21(25)23-12-7-10-18(16-23)20-15-17-9-5-6-11-19(17)24(20)13-8-14-26-4;1-2-3-4-5-6;1-2/h5-6,9,11,15,18H,7-8,10,12-14,16H2,1-4H3;6H,2-5H2,1H3;1-2H3. The van der Waals surface area contributed by atoms with Gasteiger partial charge in [0.05, 0.1) is 0 Å². The predicted molar refractivity (Wildman–Crippen MR) is 146 cm³/mol. The first-order chi connectivity index (χ1) is 16.8. The van der Waals surface area contributed by atoms with E-state index in [9.17, 15) is 4.79 Å². The molecule has 3 rings (SSSR count). The normalized spacial score (nSPS) is 15.7. The Balaban J connectivity index is 0.000000670. The zero-order valence-corrected chi connectivity index (χ0v) is 23.3. The van der Waals surface area contributed by atoms with Crippen molar-refractivity contribution in [3.05, 3.63) is 36.0 Å². The molecule has 2 heterocycles. The van der Waals surface area contributed by atoms with Gasteiger partial charge in [-0.3, -0.25) is 0 Å². The fourth-order valence-corrected chi connectivity index (χ4v) is 4.26. The molecule has 6 heteroatoms. The van der Waals surface area contributed by atoms with E-state index in [0.29, 0.717) is 12.5 Å².